The molecule has 23 heavy (non-hydrogen) atoms. The van der Waals surface area contributed by atoms with Crippen LogP contribution in [0.5, 0.6) is 0 Å². The number of hydrogen-bond acceptors (Lipinski definition) is 4. The average molecular weight is 394 g/mol. The number of carbonyl (C=O) groups excluding carboxylic acids is 2. The van der Waals surface area contributed by atoms with Crippen LogP contribution in [-0.2, 0) is 4.79 Å². The first-order valence-corrected chi connectivity index (χ1v) is 7.63. The van der Waals surface area contributed by atoms with Gasteiger partial charge in [-0.05, 0) is 48.1 Å². The first kappa shape index (κ1) is 16.9. The van der Waals surface area contributed by atoms with Crippen molar-refractivity contribution in [2.24, 2.45) is 0 Å². The van der Waals surface area contributed by atoms with E-state index >= 15 is 0 Å². The van der Waals surface area contributed by atoms with Gasteiger partial charge in [-0.1, -0.05) is 28.1 Å². The molecule has 0 spiro atoms. The highest BCUT2D eigenvalue weighted by atomic mass is 79.9. The van der Waals surface area contributed by atoms with Crippen molar-refractivity contribution in [2.45, 2.75) is 0 Å². The van der Waals surface area contributed by atoms with Crippen LogP contribution in [0.3, 0.4) is 0 Å². The van der Waals surface area contributed by atoms with Crippen molar-refractivity contribution in [3.8, 4) is 0 Å². The maximum atomic E-state index is 11.7. The van der Waals surface area contributed by atoms with E-state index in [9.17, 15) is 9.59 Å². The Kier molecular flexibility index (Phi) is 6.07. The molecule has 8 heteroatoms. The van der Waals surface area contributed by atoms with Gasteiger partial charge in [-0.3, -0.25) is 25.8 Å². The van der Waals surface area contributed by atoms with Crippen LogP contribution in [-0.4, -0.2) is 16.9 Å². The molecule has 0 aliphatic carbocycles. The molecular formula is C15H12BrN3O3S. The van der Waals surface area contributed by atoms with Crippen molar-refractivity contribution in [2.75, 3.05) is 0 Å². The van der Waals surface area contributed by atoms with Crippen LogP contribution in [0.25, 0.3) is 6.08 Å². The number of rotatable bonds is 3. The zero-order valence-corrected chi connectivity index (χ0v) is 14.1. The second-order valence-corrected chi connectivity index (χ2v) is 5.58. The molecule has 1 aromatic heterocycles. The van der Waals surface area contributed by atoms with Crippen LogP contribution in [0.1, 0.15) is 16.1 Å². The normalized spacial score (nSPS) is 10.3. The van der Waals surface area contributed by atoms with Gasteiger partial charge in [0.05, 0.1) is 6.26 Å². The zero-order valence-electron chi connectivity index (χ0n) is 11.7. The van der Waals surface area contributed by atoms with Gasteiger partial charge in [0, 0.05) is 10.5 Å². The number of carbonyl (C=O) groups is 2. The number of halogens is 1. The van der Waals surface area contributed by atoms with Crippen molar-refractivity contribution >= 4 is 51.2 Å². The minimum Gasteiger partial charge on any atom is -0.459 e. The van der Waals surface area contributed by atoms with Crippen molar-refractivity contribution in [1.29, 1.82) is 0 Å². The summed E-state index contributed by atoms with van der Waals surface area (Å²) in [5, 5.41) is 2.37. The molecule has 0 atom stereocenters. The van der Waals surface area contributed by atoms with Gasteiger partial charge in [-0.2, -0.15) is 0 Å². The summed E-state index contributed by atoms with van der Waals surface area (Å²) in [6, 6.07) is 10.5. The summed E-state index contributed by atoms with van der Waals surface area (Å²) < 4.78 is 5.86. The van der Waals surface area contributed by atoms with Crippen molar-refractivity contribution in [3.05, 3.63) is 64.5 Å². The van der Waals surface area contributed by atoms with Gasteiger partial charge in [-0.25, -0.2) is 0 Å². The average Bonchev–Trinajstić information content (AvgIpc) is 3.06. The van der Waals surface area contributed by atoms with Gasteiger partial charge >= 0.3 is 5.91 Å². The molecule has 0 aliphatic rings. The zero-order chi connectivity index (χ0) is 16.7. The Morgan fingerprint density at radius 3 is 2.52 bits per heavy atom. The van der Waals surface area contributed by atoms with Gasteiger partial charge in [0.25, 0.3) is 0 Å². The molecular weight excluding hydrogens is 382 g/mol. The second-order valence-electron chi connectivity index (χ2n) is 4.26. The summed E-state index contributed by atoms with van der Waals surface area (Å²) in [5.41, 5.74) is 5.58. The molecule has 0 aliphatic heterocycles. The Bertz CT molecular complexity index is 727. The molecule has 3 N–H and O–H groups in total. The molecule has 0 fully saturated rings. The van der Waals surface area contributed by atoms with E-state index in [1.54, 1.807) is 12.1 Å². The topological polar surface area (TPSA) is 83.4 Å². The Balaban J connectivity index is 1.77. The van der Waals surface area contributed by atoms with Crippen LogP contribution in [0.4, 0.5) is 0 Å². The molecule has 2 aromatic rings. The highest BCUT2D eigenvalue weighted by Crippen LogP contribution is 2.11. The Morgan fingerprint density at radius 1 is 1.13 bits per heavy atom. The number of nitrogens with one attached hydrogen (secondary N) is 3. The predicted molar refractivity (Wildman–Crippen MR) is 93.2 cm³/mol. The van der Waals surface area contributed by atoms with E-state index in [1.807, 2.05) is 24.3 Å². The standard InChI is InChI=1S/C15H12BrN3O3S/c16-11-6-3-10(4-7-11)5-8-13(20)17-15(23)19-18-14(21)12-2-1-9-22-12/h1-9H,(H,18,21)(H2,17,19,20,23)/b8-5+. The van der Waals surface area contributed by atoms with E-state index < -0.39 is 11.8 Å². The van der Waals surface area contributed by atoms with Crippen molar-refractivity contribution < 1.29 is 14.0 Å². The molecule has 0 saturated heterocycles. The molecule has 2 rings (SSSR count). The van der Waals surface area contributed by atoms with E-state index in [0.717, 1.165) is 10.0 Å². The molecule has 1 heterocycles. The summed E-state index contributed by atoms with van der Waals surface area (Å²) in [5.74, 6) is -0.795. The summed E-state index contributed by atoms with van der Waals surface area (Å²) in [6.07, 6.45) is 4.36. The lowest BCUT2D eigenvalue weighted by Crippen LogP contribution is -2.48. The molecule has 0 unspecified atom stereocenters. The number of thiocarbonyl (C=S) groups is 1. The van der Waals surface area contributed by atoms with E-state index in [-0.39, 0.29) is 10.9 Å². The summed E-state index contributed by atoms with van der Waals surface area (Å²) in [7, 11) is 0. The second kappa shape index (κ2) is 8.25. The fourth-order valence-corrected chi connectivity index (χ4v) is 1.93. The lowest BCUT2D eigenvalue weighted by molar-refractivity contribution is -0.115. The number of benzene rings is 1. The number of amides is 2. The van der Waals surface area contributed by atoms with Gasteiger partial charge in [0.15, 0.2) is 10.9 Å². The minimum absolute atomic E-state index is 0.0321. The number of hydrogen-bond donors (Lipinski definition) is 3. The van der Waals surface area contributed by atoms with Crippen molar-refractivity contribution in [1.82, 2.24) is 16.2 Å². The summed E-state index contributed by atoms with van der Waals surface area (Å²) in [6.45, 7) is 0. The van der Waals surface area contributed by atoms with Crippen LogP contribution in [0.15, 0.2) is 57.6 Å². The lowest BCUT2D eigenvalue weighted by Gasteiger charge is -2.08. The fourth-order valence-electron chi connectivity index (χ4n) is 1.51. The third kappa shape index (κ3) is 5.68. The van der Waals surface area contributed by atoms with Crippen LogP contribution in [0.2, 0.25) is 0 Å². The third-order valence-electron chi connectivity index (χ3n) is 2.57. The monoisotopic (exact) mass is 393 g/mol. The highest BCUT2D eigenvalue weighted by molar-refractivity contribution is 9.10. The molecule has 118 valence electrons. The molecule has 0 radical (unpaired) electrons. The summed E-state index contributed by atoms with van der Waals surface area (Å²) in [4.78, 5) is 23.3. The Morgan fingerprint density at radius 2 is 1.87 bits per heavy atom. The number of furan rings is 1. The maximum absolute atomic E-state index is 11.7. The Hall–Kier alpha value is -2.45. The lowest BCUT2D eigenvalue weighted by atomic mass is 10.2. The van der Waals surface area contributed by atoms with E-state index in [4.69, 9.17) is 16.6 Å². The summed E-state index contributed by atoms with van der Waals surface area (Å²) >= 11 is 8.23. The third-order valence-corrected chi connectivity index (χ3v) is 3.30. The minimum atomic E-state index is -0.503. The molecule has 0 saturated carbocycles. The van der Waals surface area contributed by atoms with Gasteiger partial charge < -0.3 is 4.42 Å². The molecule has 0 bridgehead atoms. The van der Waals surface area contributed by atoms with Gasteiger partial charge in [-0.15, -0.1) is 0 Å². The van der Waals surface area contributed by atoms with Crippen molar-refractivity contribution in [3.63, 3.8) is 0 Å². The SMILES string of the molecule is O=C(/C=C/c1ccc(Br)cc1)NC(=S)NNC(=O)c1ccco1. The Labute approximate surface area is 146 Å². The van der Waals surface area contributed by atoms with E-state index in [1.165, 1.54) is 18.4 Å². The van der Waals surface area contributed by atoms with Crippen LogP contribution < -0.4 is 16.2 Å². The highest BCUT2D eigenvalue weighted by Gasteiger charge is 2.08. The maximum Gasteiger partial charge on any atom is 0.305 e. The van der Waals surface area contributed by atoms with Crippen LogP contribution in [0, 0.1) is 0 Å². The smallest absolute Gasteiger partial charge is 0.305 e. The first-order valence-electron chi connectivity index (χ1n) is 6.43. The number of hydrazine groups is 1. The quantitative estimate of drug-likeness (QED) is 0.423. The van der Waals surface area contributed by atoms with Crippen LogP contribution >= 0.6 is 28.1 Å². The molecule has 2 amide bonds. The van der Waals surface area contributed by atoms with Gasteiger partial charge in [0.1, 0.15) is 0 Å². The first-order chi connectivity index (χ1) is 11.0. The van der Waals surface area contributed by atoms with E-state index in [2.05, 4.69) is 32.1 Å². The predicted octanol–water partition coefficient (Wildman–Crippen LogP) is 2.39. The largest absolute Gasteiger partial charge is 0.459 e. The fraction of sp³-hybridized carbons (Fsp3) is 0. The van der Waals surface area contributed by atoms with Gasteiger partial charge in [0.2, 0.25) is 5.91 Å². The molecule has 6 nitrogen and oxygen atoms in total. The van der Waals surface area contributed by atoms with E-state index in [0.29, 0.717) is 0 Å². The molecule has 1 aromatic carbocycles.